The number of alkyl halides is 1. The fourth-order valence-electron chi connectivity index (χ4n) is 4.45. The Morgan fingerprint density at radius 1 is 1.02 bits per heavy atom. The third-order valence-corrected chi connectivity index (χ3v) is 6.67. The predicted molar refractivity (Wildman–Crippen MR) is 156 cm³/mol. The molecule has 0 bridgehead atoms. The standard InChI is InChI=1S/C30H28FN7O4/c1-18-7-9-23(34-28(40)21-6-4-5-20(11-21)13-31)12-25(18)37-16-22-14-33-29(35-24-10-8-19(2)32-15-24)36-27(22)38(30(37)41)17-26(39)42-3/h4-12,14-15H,13,16-17H2,1-3H3,(H,34,40)(H,33,35,36). The lowest BCUT2D eigenvalue weighted by molar-refractivity contribution is -0.138. The molecule has 3 amide bonds. The van der Waals surface area contributed by atoms with Crippen LogP contribution in [0.5, 0.6) is 0 Å². The Morgan fingerprint density at radius 2 is 1.83 bits per heavy atom. The summed E-state index contributed by atoms with van der Waals surface area (Å²) in [4.78, 5) is 55.0. The highest BCUT2D eigenvalue weighted by atomic mass is 19.1. The maximum Gasteiger partial charge on any atom is 0.331 e. The molecule has 0 atom stereocenters. The average molecular weight is 570 g/mol. The van der Waals surface area contributed by atoms with Crippen LogP contribution in [0.25, 0.3) is 0 Å². The molecule has 2 aromatic heterocycles. The SMILES string of the molecule is COC(=O)CN1C(=O)N(c2cc(NC(=O)c3cccc(CF)c3)ccc2C)Cc2cnc(Nc3ccc(C)nc3)nc21. The number of nitrogens with one attached hydrogen (secondary N) is 2. The minimum Gasteiger partial charge on any atom is -0.468 e. The molecule has 2 N–H and O–H groups in total. The largest absolute Gasteiger partial charge is 0.468 e. The quantitative estimate of drug-likeness (QED) is 0.281. The van der Waals surface area contributed by atoms with E-state index in [9.17, 15) is 18.8 Å². The Labute approximate surface area is 241 Å². The van der Waals surface area contributed by atoms with Crippen molar-refractivity contribution in [3.63, 3.8) is 0 Å². The van der Waals surface area contributed by atoms with E-state index in [0.29, 0.717) is 33.8 Å². The molecule has 0 saturated carbocycles. The van der Waals surface area contributed by atoms with Crippen molar-refractivity contribution in [2.24, 2.45) is 0 Å². The molecule has 1 aliphatic rings. The van der Waals surface area contributed by atoms with Gasteiger partial charge in [0.2, 0.25) is 5.95 Å². The second-order valence-electron chi connectivity index (χ2n) is 9.68. The van der Waals surface area contributed by atoms with Crippen LogP contribution in [-0.4, -0.2) is 46.5 Å². The molecule has 12 heteroatoms. The Bertz CT molecular complexity index is 1660. The number of anilines is 5. The number of carbonyl (C=O) groups is 3. The fourth-order valence-corrected chi connectivity index (χ4v) is 4.45. The smallest absolute Gasteiger partial charge is 0.331 e. The summed E-state index contributed by atoms with van der Waals surface area (Å²) in [6.45, 7) is 2.77. The number of hydrogen-bond acceptors (Lipinski definition) is 8. The molecular formula is C30H28FN7O4. The molecule has 214 valence electrons. The topological polar surface area (TPSA) is 130 Å². The van der Waals surface area contributed by atoms with Gasteiger partial charge in [0.1, 0.15) is 19.0 Å². The molecule has 0 saturated heterocycles. The number of hydrogen-bond donors (Lipinski definition) is 2. The lowest BCUT2D eigenvalue weighted by Crippen LogP contribution is -2.50. The van der Waals surface area contributed by atoms with E-state index in [2.05, 4.69) is 25.6 Å². The summed E-state index contributed by atoms with van der Waals surface area (Å²) in [5, 5.41) is 5.88. The summed E-state index contributed by atoms with van der Waals surface area (Å²) >= 11 is 0. The summed E-state index contributed by atoms with van der Waals surface area (Å²) in [6.07, 6.45) is 3.23. The van der Waals surface area contributed by atoms with E-state index in [4.69, 9.17) is 4.74 Å². The number of fused-ring (bicyclic) bond motifs is 1. The zero-order chi connectivity index (χ0) is 29.8. The number of pyridine rings is 1. The first kappa shape index (κ1) is 28.1. The van der Waals surface area contributed by atoms with Crippen LogP contribution in [0.1, 0.15) is 32.7 Å². The molecule has 1 aliphatic heterocycles. The maximum atomic E-state index is 13.9. The first-order chi connectivity index (χ1) is 20.2. The van der Waals surface area contributed by atoms with E-state index < -0.39 is 24.6 Å². The monoisotopic (exact) mass is 569 g/mol. The number of esters is 1. The van der Waals surface area contributed by atoms with Crippen molar-refractivity contribution in [1.29, 1.82) is 0 Å². The zero-order valence-corrected chi connectivity index (χ0v) is 23.2. The number of aromatic nitrogens is 3. The van der Waals surface area contributed by atoms with Crippen LogP contribution in [0.4, 0.5) is 38.0 Å². The van der Waals surface area contributed by atoms with Gasteiger partial charge in [-0.15, -0.1) is 0 Å². The van der Waals surface area contributed by atoms with Gasteiger partial charge in [-0.25, -0.2) is 14.2 Å². The molecular weight excluding hydrogens is 541 g/mol. The van der Waals surface area contributed by atoms with E-state index in [1.54, 1.807) is 48.8 Å². The highest BCUT2D eigenvalue weighted by Gasteiger charge is 2.35. The number of amides is 3. The van der Waals surface area contributed by atoms with E-state index in [0.717, 1.165) is 11.3 Å². The van der Waals surface area contributed by atoms with E-state index in [1.807, 2.05) is 26.0 Å². The Hall–Kier alpha value is -5.39. The van der Waals surface area contributed by atoms with Crippen molar-refractivity contribution in [2.75, 3.05) is 34.1 Å². The Morgan fingerprint density at radius 3 is 2.57 bits per heavy atom. The minimum absolute atomic E-state index is 0.120. The van der Waals surface area contributed by atoms with Crippen molar-refractivity contribution in [1.82, 2.24) is 15.0 Å². The van der Waals surface area contributed by atoms with Crippen LogP contribution >= 0.6 is 0 Å². The third kappa shape index (κ3) is 6.02. The van der Waals surface area contributed by atoms with Crippen molar-refractivity contribution in [3.05, 3.63) is 94.9 Å². The predicted octanol–water partition coefficient (Wildman–Crippen LogP) is 5.07. The van der Waals surface area contributed by atoms with Gasteiger partial charge in [0.25, 0.3) is 5.91 Å². The maximum absolute atomic E-state index is 13.9. The number of nitrogens with zero attached hydrogens (tertiary/aromatic N) is 5. The number of ether oxygens (including phenoxy) is 1. The van der Waals surface area contributed by atoms with Crippen LogP contribution in [0, 0.1) is 13.8 Å². The lowest BCUT2D eigenvalue weighted by atomic mass is 10.1. The fraction of sp³-hybridized carbons (Fsp3) is 0.200. The van der Waals surface area contributed by atoms with E-state index in [1.165, 1.54) is 23.0 Å². The number of aryl methyl sites for hydroxylation is 2. The summed E-state index contributed by atoms with van der Waals surface area (Å²) in [5.74, 6) is -0.539. The minimum atomic E-state index is -0.680. The summed E-state index contributed by atoms with van der Waals surface area (Å²) in [5.41, 5.74) is 4.53. The molecule has 42 heavy (non-hydrogen) atoms. The molecule has 0 aliphatic carbocycles. The lowest BCUT2D eigenvalue weighted by Gasteiger charge is -2.36. The molecule has 4 aromatic rings. The highest BCUT2D eigenvalue weighted by Crippen LogP contribution is 2.34. The van der Waals surface area contributed by atoms with Crippen LogP contribution in [0.2, 0.25) is 0 Å². The highest BCUT2D eigenvalue weighted by molar-refractivity contribution is 6.09. The van der Waals surface area contributed by atoms with Gasteiger partial charge < -0.3 is 15.4 Å². The Kier molecular flexibility index (Phi) is 8.05. The first-order valence-corrected chi connectivity index (χ1v) is 13.0. The van der Waals surface area contributed by atoms with Gasteiger partial charge in [-0.3, -0.25) is 24.4 Å². The van der Waals surface area contributed by atoms with Gasteiger partial charge in [-0.2, -0.15) is 4.98 Å². The normalized spacial score (nSPS) is 12.5. The summed E-state index contributed by atoms with van der Waals surface area (Å²) < 4.78 is 17.9. The van der Waals surface area contributed by atoms with Crippen LogP contribution in [0.15, 0.2) is 67.0 Å². The van der Waals surface area contributed by atoms with E-state index >= 15 is 0 Å². The van der Waals surface area contributed by atoms with Gasteiger partial charge >= 0.3 is 12.0 Å². The van der Waals surface area contributed by atoms with Crippen molar-refractivity contribution < 1.29 is 23.5 Å². The molecule has 0 unspecified atom stereocenters. The van der Waals surface area contributed by atoms with Gasteiger partial charge in [-0.1, -0.05) is 18.2 Å². The van der Waals surface area contributed by atoms with Crippen LogP contribution in [-0.2, 0) is 22.8 Å². The second-order valence-corrected chi connectivity index (χ2v) is 9.68. The molecule has 3 heterocycles. The van der Waals surface area contributed by atoms with Crippen molar-refractivity contribution >= 4 is 46.7 Å². The van der Waals surface area contributed by atoms with Gasteiger partial charge in [0.15, 0.2) is 0 Å². The van der Waals surface area contributed by atoms with Gasteiger partial charge in [0.05, 0.1) is 31.2 Å². The van der Waals surface area contributed by atoms with Crippen LogP contribution < -0.4 is 20.4 Å². The number of methoxy groups -OCH3 is 1. The molecule has 0 radical (unpaired) electrons. The molecule has 11 nitrogen and oxygen atoms in total. The zero-order valence-electron chi connectivity index (χ0n) is 23.2. The molecule has 0 spiro atoms. The average Bonchev–Trinajstić information content (AvgIpc) is 3.00. The van der Waals surface area contributed by atoms with Crippen molar-refractivity contribution in [2.45, 2.75) is 27.1 Å². The number of benzene rings is 2. The third-order valence-electron chi connectivity index (χ3n) is 6.67. The van der Waals surface area contributed by atoms with E-state index in [-0.39, 0.29) is 24.9 Å². The number of urea groups is 1. The van der Waals surface area contributed by atoms with Gasteiger partial charge in [0, 0.05) is 28.7 Å². The summed E-state index contributed by atoms with van der Waals surface area (Å²) in [6, 6.07) is 14.6. The first-order valence-electron chi connectivity index (χ1n) is 13.0. The number of carbonyl (C=O) groups excluding carboxylic acids is 3. The van der Waals surface area contributed by atoms with Gasteiger partial charge in [-0.05, 0) is 61.4 Å². The molecule has 5 rings (SSSR count). The molecule has 0 fully saturated rings. The Balaban J connectivity index is 1.45. The second kappa shape index (κ2) is 12.0. The number of rotatable bonds is 8. The molecule has 2 aromatic carbocycles. The van der Waals surface area contributed by atoms with Crippen LogP contribution in [0.3, 0.4) is 0 Å². The summed E-state index contributed by atoms with van der Waals surface area (Å²) in [7, 11) is 1.24. The van der Waals surface area contributed by atoms with Crippen molar-refractivity contribution in [3.8, 4) is 0 Å². The number of halogens is 1.